The maximum absolute atomic E-state index is 10.2. The van der Waals surface area contributed by atoms with Gasteiger partial charge in [0.25, 0.3) is 0 Å². The monoisotopic (exact) mass is 198 g/mol. The van der Waals surface area contributed by atoms with E-state index in [1.165, 1.54) is 38.5 Å². The van der Waals surface area contributed by atoms with Crippen molar-refractivity contribution >= 4 is 6.29 Å². The highest BCUT2D eigenvalue weighted by Gasteiger charge is 2.13. The van der Waals surface area contributed by atoms with E-state index in [1.54, 1.807) is 0 Å². The largest absolute Gasteiger partial charge is 0.378 e. The summed E-state index contributed by atoms with van der Waals surface area (Å²) >= 11 is 0. The second kappa shape index (κ2) is 6.99. The van der Waals surface area contributed by atoms with E-state index in [0.29, 0.717) is 6.42 Å². The molecule has 1 rings (SSSR count). The lowest BCUT2D eigenvalue weighted by molar-refractivity contribution is -0.110. The summed E-state index contributed by atoms with van der Waals surface area (Å²) in [5.41, 5.74) is 0. The quantitative estimate of drug-likeness (QED) is 0.613. The van der Waals surface area contributed by atoms with Gasteiger partial charge >= 0.3 is 0 Å². The highest BCUT2D eigenvalue weighted by molar-refractivity contribution is 5.49. The Kier molecular flexibility index (Phi) is 5.85. The molecule has 0 amide bonds. The lowest BCUT2D eigenvalue weighted by Gasteiger charge is -2.21. The van der Waals surface area contributed by atoms with Crippen molar-refractivity contribution in [1.29, 1.82) is 0 Å². The van der Waals surface area contributed by atoms with Gasteiger partial charge in [-0.15, -0.1) is 0 Å². The van der Waals surface area contributed by atoms with Gasteiger partial charge in [-0.05, 0) is 19.3 Å². The molecule has 0 aromatic rings. The summed E-state index contributed by atoms with van der Waals surface area (Å²) in [6.07, 6.45) is 9.73. The van der Waals surface area contributed by atoms with Crippen LogP contribution < -0.4 is 0 Å². The van der Waals surface area contributed by atoms with Gasteiger partial charge in [-0.2, -0.15) is 0 Å². The first-order chi connectivity index (χ1) is 6.83. The third kappa shape index (κ3) is 4.75. The van der Waals surface area contributed by atoms with Gasteiger partial charge in [-0.1, -0.05) is 32.1 Å². The van der Waals surface area contributed by atoms with Gasteiger partial charge in [0, 0.05) is 13.0 Å². The highest BCUT2D eigenvalue weighted by atomic mass is 16.5. The summed E-state index contributed by atoms with van der Waals surface area (Å²) in [6.45, 7) is 2.80. The summed E-state index contributed by atoms with van der Waals surface area (Å²) in [4.78, 5) is 10.2. The summed E-state index contributed by atoms with van der Waals surface area (Å²) in [6, 6.07) is 0. The molecule has 0 N–H and O–H groups in total. The molecule has 0 saturated heterocycles. The molecule has 1 fully saturated rings. The predicted octanol–water partition coefficient (Wildman–Crippen LogP) is 2.95. The van der Waals surface area contributed by atoms with Crippen LogP contribution in [-0.4, -0.2) is 19.0 Å². The topological polar surface area (TPSA) is 26.3 Å². The first-order valence-corrected chi connectivity index (χ1v) is 5.88. The Bertz CT molecular complexity index is 150. The zero-order valence-corrected chi connectivity index (χ0v) is 9.21. The molecule has 0 spiro atoms. The molecular formula is C12H22O2. The van der Waals surface area contributed by atoms with Crippen LogP contribution in [0, 0.1) is 5.92 Å². The standard InChI is InChI=1S/C12H22O2/c1-11(7-9-13)14-10-8-12-5-3-2-4-6-12/h9,11-12H,2-8,10H2,1H3. The maximum atomic E-state index is 10.2. The van der Waals surface area contributed by atoms with E-state index in [1.807, 2.05) is 6.92 Å². The van der Waals surface area contributed by atoms with E-state index in [0.717, 1.165) is 18.8 Å². The first kappa shape index (κ1) is 11.7. The van der Waals surface area contributed by atoms with Crippen LogP contribution in [0.15, 0.2) is 0 Å². The van der Waals surface area contributed by atoms with E-state index in [4.69, 9.17) is 4.74 Å². The van der Waals surface area contributed by atoms with Crippen LogP contribution in [-0.2, 0) is 9.53 Å². The van der Waals surface area contributed by atoms with Gasteiger partial charge in [0.1, 0.15) is 6.29 Å². The lowest BCUT2D eigenvalue weighted by atomic mass is 9.87. The third-order valence-corrected chi connectivity index (χ3v) is 3.08. The number of rotatable bonds is 6. The Morgan fingerprint density at radius 3 is 2.71 bits per heavy atom. The lowest BCUT2D eigenvalue weighted by Crippen LogP contribution is -2.14. The first-order valence-electron chi connectivity index (χ1n) is 5.88. The van der Waals surface area contributed by atoms with Gasteiger partial charge in [-0.25, -0.2) is 0 Å². The van der Waals surface area contributed by atoms with Crippen molar-refractivity contribution in [3.05, 3.63) is 0 Å². The Labute approximate surface area is 87.0 Å². The molecule has 0 heterocycles. The Hall–Kier alpha value is -0.370. The van der Waals surface area contributed by atoms with E-state index in [-0.39, 0.29) is 6.10 Å². The van der Waals surface area contributed by atoms with Crippen LogP contribution in [0.3, 0.4) is 0 Å². The van der Waals surface area contributed by atoms with Crippen LogP contribution in [0.25, 0.3) is 0 Å². The van der Waals surface area contributed by atoms with Crippen LogP contribution in [0.4, 0.5) is 0 Å². The third-order valence-electron chi connectivity index (χ3n) is 3.08. The molecule has 82 valence electrons. The fraction of sp³-hybridized carbons (Fsp3) is 0.917. The fourth-order valence-corrected chi connectivity index (χ4v) is 2.12. The van der Waals surface area contributed by atoms with Gasteiger partial charge < -0.3 is 9.53 Å². The summed E-state index contributed by atoms with van der Waals surface area (Å²) in [7, 11) is 0. The average Bonchev–Trinajstić information content (AvgIpc) is 2.20. The SMILES string of the molecule is CC(CC=O)OCCC1CCCCC1. The molecular weight excluding hydrogens is 176 g/mol. The van der Waals surface area contributed by atoms with Crippen molar-refractivity contribution in [2.45, 2.75) is 58.0 Å². The van der Waals surface area contributed by atoms with Crippen molar-refractivity contribution in [1.82, 2.24) is 0 Å². The molecule has 2 heteroatoms. The fourth-order valence-electron chi connectivity index (χ4n) is 2.12. The molecule has 1 unspecified atom stereocenters. The van der Waals surface area contributed by atoms with Crippen LogP contribution in [0.2, 0.25) is 0 Å². The van der Waals surface area contributed by atoms with E-state index in [2.05, 4.69) is 0 Å². The molecule has 14 heavy (non-hydrogen) atoms. The molecule has 0 aromatic carbocycles. The van der Waals surface area contributed by atoms with E-state index < -0.39 is 0 Å². The number of hydrogen-bond donors (Lipinski definition) is 0. The molecule has 1 aliphatic rings. The number of carbonyl (C=O) groups excluding carboxylic acids is 1. The normalized spacial score (nSPS) is 20.6. The Balaban J connectivity index is 1.99. The molecule has 0 bridgehead atoms. The van der Waals surface area contributed by atoms with Crippen molar-refractivity contribution in [3.8, 4) is 0 Å². The van der Waals surface area contributed by atoms with Gasteiger partial charge in [-0.3, -0.25) is 0 Å². The molecule has 2 nitrogen and oxygen atoms in total. The summed E-state index contributed by atoms with van der Waals surface area (Å²) in [5.74, 6) is 0.882. The number of aldehydes is 1. The maximum Gasteiger partial charge on any atom is 0.122 e. The molecule has 0 aliphatic heterocycles. The second-order valence-electron chi connectivity index (χ2n) is 4.38. The molecule has 1 atom stereocenters. The van der Waals surface area contributed by atoms with Crippen molar-refractivity contribution in [2.75, 3.05) is 6.61 Å². The molecule has 0 aromatic heterocycles. The molecule has 1 aliphatic carbocycles. The number of ether oxygens (including phenoxy) is 1. The van der Waals surface area contributed by atoms with Crippen LogP contribution in [0.1, 0.15) is 51.9 Å². The zero-order chi connectivity index (χ0) is 10.2. The van der Waals surface area contributed by atoms with Gasteiger partial charge in [0.05, 0.1) is 6.10 Å². The predicted molar refractivity (Wildman–Crippen MR) is 57.3 cm³/mol. The second-order valence-corrected chi connectivity index (χ2v) is 4.38. The Morgan fingerprint density at radius 2 is 2.07 bits per heavy atom. The smallest absolute Gasteiger partial charge is 0.122 e. The molecule has 1 saturated carbocycles. The summed E-state index contributed by atoms with van der Waals surface area (Å²) < 4.78 is 5.55. The Morgan fingerprint density at radius 1 is 1.36 bits per heavy atom. The van der Waals surface area contributed by atoms with E-state index in [9.17, 15) is 4.79 Å². The number of carbonyl (C=O) groups is 1. The van der Waals surface area contributed by atoms with E-state index >= 15 is 0 Å². The van der Waals surface area contributed by atoms with Crippen molar-refractivity contribution in [3.63, 3.8) is 0 Å². The van der Waals surface area contributed by atoms with Crippen molar-refractivity contribution in [2.24, 2.45) is 5.92 Å². The van der Waals surface area contributed by atoms with Gasteiger partial charge in [0.2, 0.25) is 0 Å². The highest BCUT2D eigenvalue weighted by Crippen LogP contribution is 2.26. The van der Waals surface area contributed by atoms with Crippen LogP contribution >= 0.6 is 0 Å². The summed E-state index contributed by atoms with van der Waals surface area (Å²) in [5, 5.41) is 0. The van der Waals surface area contributed by atoms with Crippen molar-refractivity contribution < 1.29 is 9.53 Å². The zero-order valence-electron chi connectivity index (χ0n) is 9.21. The number of hydrogen-bond acceptors (Lipinski definition) is 2. The minimum atomic E-state index is 0.107. The minimum Gasteiger partial charge on any atom is -0.378 e. The van der Waals surface area contributed by atoms with Crippen LogP contribution in [0.5, 0.6) is 0 Å². The molecule has 0 radical (unpaired) electrons. The van der Waals surface area contributed by atoms with Gasteiger partial charge in [0.15, 0.2) is 0 Å². The minimum absolute atomic E-state index is 0.107. The average molecular weight is 198 g/mol.